The first kappa shape index (κ1) is 19.6. The molecule has 0 amide bonds. The van der Waals surface area contributed by atoms with E-state index in [1.807, 2.05) is 31.2 Å². The van der Waals surface area contributed by atoms with Crippen molar-refractivity contribution in [3.63, 3.8) is 0 Å². The molecule has 2 aromatic rings. The van der Waals surface area contributed by atoms with Crippen LogP contribution in [0.15, 0.2) is 63.7 Å². The molecule has 0 aromatic heterocycles. The smallest absolute Gasteiger partial charge is 0.344 e. The summed E-state index contributed by atoms with van der Waals surface area (Å²) in [5.41, 5.74) is 2.11. The van der Waals surface area contributed by atoms with Crippen molar-refractivity contribution in [2.24, 2.45) is 4.99 Å². The Balaban J connectivity index is 2.08. The van der Waals surface area contributed by atoms with Crippen LogP contribution >= 0.6 is 11.8 Å². The molecule has 7 heteroatoms. The number of phenols is 1. The van der Waals surface area contributed by atoms with Gasteiger partial charge in [-0.2, -0.15) is 0 Å². The molecule has 1 aliphatic heterocycles. The van der Waals surface area contributed by atoms with Crippen molar-refractivity contribution in [3.8, 4) is 11.5 Å². The summed E-state index contributed by atoms with van der Waals surface area (Å²) in [5.74, 6) is -0.683. The highest BCUT2D eigenvalue weighted by Gasteiger charge is 2.33. The number of aryl methyl sites for hydroxylation is 1. The number of hydrogen-bond acceptors (Lipinski definition) is 7. The molecule has 144 valence electrons. The zero-order valence-electron chi connectivity index (χ0n) is 15.6. The van der Waals surface area contributed by atoms with Crippen LogP contribution in [0.25, 0.3) is 6.08 Å². The van der Waals surface area contributed by atoms with Gasteiger partial charge in [0.15, 0.2) is 11.5 Å². The lowest BCUT2D eigenvalue weighted by atomic mass is 10.1. The summed E-state index contributed by atoms with van der Waals surface area (Å²) in [6, 6.07) is 12.5. The molecule has 2 N–H and O–H groups in total. The Hall–Kier alpha value is -3.19. The predicted molar refractivity (Wildman–Crippen MR) is 110 cm³/mol. The number of methoxy groups -OCH3 is 2. The number of hydrogen-bond donors (Lipinski definition) is 2. The molecular weight excluding hydrogens is 378 g/mol. The van der Waals surface area contributed by atoms with Gasteiger partial charge in [-0.15, -0.1) is 0 Å². The topological polar surface area (TPSA) is 88.4 Å². The standard InChI is InChI=1S/C21H19NO5S/c1-12-6-4-8-14(10-12)22-20-17(21(25)27-3)19(24)16(28-20)11-13-7-5-9-15(26-2)18(13)23/h4-11,23-24H,1-3H3/b16-11+,22-20?. The molecule has 1 heterocycles. The summed E-state index contributed by atoms with van der Waals surface area (Å²) in [6.45, 7) is 1.94. The van der Waals surface area contributed by atoms with Crippen LogP contribution in [-0.4, -0.2) is 35.4 Å². The number of carbonyl (C=O) groups excluding carboxylic acids is 1. The number of aliphatic imine (C=N–C) groups is 1. The Morgan fingerprint density at radius 2 is 1.89 bits per heavy atom. The van der Waals surface area contributed by atoms with Crippen molar-refractivity contribution >= 4 is 34.5 Å². The third-order valence-corrected chi connectivity index (χ3v) is 5.07. The molecule has 0 aliphatic carbocycles. The maximum Gasteiger partial charge on any atom is 0.344 e. The Morgan fingerprint density at radius 1 is 1.14 bits per heavy atom. The summed E-state index contributed by atoms with van der Waals surface area (Å²) in [5, 5.41) is 21.2. The average molecular weight is 397 g/mol. The van der Waals surface area contributed by atoms with Gasteiger partial charge in [0.05, 0.1) is 24.8 Å². The highest BCUT2D eigenvalue weighted by molar-refractivity contribution is 8.18. The van der Waals surface area contributed by atoms with Gasteiger partial charge in [0, 0.05) is 5.56 Å². The van der Waals surface area contributed by atoms with Crippen molar-refractivity contribution < 1.29 is 24.5 Å². The summed E-state index contributed by atoms with van der Waals surface area (Å²) in [6.07, 6.45) is 1.57. The zero-order valence-corrected chi connectivity index (χ0v) is 16.4. The van der Waals surface area contributed by atoms with Gasteiger partial charge in [0.25, 0.3) is 0 Å². The number of rotatable bonds is 4. The van der Waals surface area contributed by atoms with E-state index in [1.165, 1.54) is 14.2 Å². The molecule has 28 heavy (non-hydrogen) atoms. The highest BCUT2D eigenvalue weighted by Crippen LogP contribution is 2.42. The first-order valence-electron chi connectivity index (χ1n) is 8.37. The van der Waals surface area contributed by atoms with Gasteiger partial charge in [-0.05, 0) is 36.8 Å². The van der Waals surface area contributed by atoms with Crippen LogP contribution in [0.2, 0.25) is 0 Å². The third-order valence-electron chi connectivity index (χ3n) is 4.05. The van der Waals surface area contributed by atoms with Crippen molar-refractivity contribution in [2.75, 3.05) is 14.2 Å². The number of carbonyl (C=O) groups is 1. The van der Waals surface area contributed by atoms with Gasteiger partial charge in [0.2, 0.25) is 0 Å². The largest absolute Gasteiger partial charge is 0.506 e. The molecule has 6 nitrogen and oxygen atoms in total. The van der Waals surface area contributed by atoms with E-state index in [4.69, 9.17) is 9.47 Å². The van der Waals surface area contributed by atoms with Gasteiger partial charge < -0.3 is 19.7 Å². The minimum absolute atomic E-state index is 0.0114. The summed E-state index contributed by atoms with van der Waals surface area (Å²) < 4.78 is 9.91. The molecule has 0 unspecified atom stereocenters. The lowest BCUT2D eigenvalue weighted by molar-refractivity contribution is -0.135. The second-order valence-corrected chi connectivity index (χ2v) is 7.01. The monoisotopic (exact) mass is 397 g/mol. The van der Waals surface area contributed by atoms with Crippen molar-refractivity contribution in [1.29, 1.82) is 0 Å². The van der Waals surface area contributed by atoms with Crippen molar-refractivity contribution in [3.05, 3.63) is 69.8 Å². The molecule has 0 saturated carbocycles. The second kappa shape index (κ2) is 8.22. The number of nitrogens with zero attached hydrogens (tertiary/aromatic N) is 1. The van der Waals surface area contributed by atoms with Gasteiger partial charge >= 0.3 is 5.97 Å². The molecule has 0 radical (unpaired) electrons. The normalized spacial score (nSPS) is 16.7. The van der Waals surface area contributed by atoms with E-state index in [0.717, 1.165) is 17.3 Å². The minimum atomic E-state index is -0.685. The summed E-state index contributed by atoms with van der Waals surface area (Å²) >= 11 is 1.12. The fraction of sp³-hybridized carbons (Fsp3) is 0.143. The van der Waals surface area contributed by atoms with Crippen molar-refractivity contribution in [2.45, 2.75) is 6.92 Å². The second-order valence-electron chi connectivity index (χ2n) is 5.98. The van der Waals surface area contributed by atoms with E-state index < -0.39 is 5.97 Å². The van der Waals surface area contributed by atoms with E-state index in [0.29, 0.717) is 26.9 Å². The van der Waals surface area contributed by atoms with E-state index in [2.05, 4.69) is 4.99 Å². The first-order valence-corrected chi connectivity index (χ1v) is 9.19. The van der Waals surface area contributed by atoms with E-state index in [-0.39, 0.29) is 17.1 Å². The molecular formula is C21H19NO5S. The van der Waals surface area contributed by atoms with E-state index in [9.17, 15) is 15.0 Å². The molecule has 1 aliphatic rings. The van der Waals surface area contributed by atoms with Crippen LogP contribution in [0.3, 0.4) is 0 Å². The number of aromatic hydroxyl groups is 1. The Morgan fingerprint density at radius 3 is 2.57 bits per heavy atom. The molecule has 0 bridgehead atoms. The number of ether oxygens (including phenoxy) is 2. The first-order chi connectivity index (χ1) is 13.4. The van der Waals surface area contributed by atoms with Crippen LogP contribution in [0.4, 0.5) is 5.69 Å². The highest BCUT2D eigenvalue weighted by atomic mass is 32.2. The number of esters is 1. The van der Waals surface area contributed by atoms with Crippen LogP contribution in [0.5, 0.6) is 11.5 Å². The van der Waals surface area contributed by atoms with Crippen LogP contribution in [0.1, 0.15) is 11.1 Å². The quantitative estimate of drug-likeness (QED) is 0.738. The number of aliphatic hydroxyl groups is 1. The lowest BCUT2D eigenvalue weighted by Crippen LogP contribution is -2.10. The Labute approximate surface area is 166 Å². The minimum Gasteiger partial charge on any atom is -0.506 e. The van der Waals surface area contributed by atoms with Crippen LogP contribution < -0.4 is 4.74 Å². The number of thioether (sulfide) groups is 1. The van der Waals surface area contributed by atoms with Gasteiger partial charge in [-0.25, -0.2) is 9.79 Å². The number of phenolic OH excluding ortho intramolecular Hbond substituents is 1. The van der Waals surface area contributed by atoms with Gasteiger partial charge in [-0.1, -0.05) is 36.0 Å². The molecule has 0 atom stereocenters. The fourth-order valence-electron chi connectivity index (χ4n) is 2.67. The Bertz CT molecular complexity index is 1020. The number of para-hydroxylation sites is 1. The lowest BCUT2D eigenvalue weighted by Gasteiger charge is -2.06. The average Bonchev–Trinajstić information content (AvgIpc) is 2.98. The van der Waals surface area contributed by atoms with Crippen molar-refractivity contribution in [1.82, 2.24) is 0 Å². The molecule has 0 fully saturated rings. The van der Waals surface area contributed by atoms with Gasteiger partial charge in [0.1, 0.15) is 16.4 Å². The maximum atomic E-state index is 12.2. The van der Waals surface area contributed by atoms with E-state index in [1.54, 1.807) is 24.3 Å². The van der Waals surface area contributed by atoms with Crippen LogP contribution in [-0.2, 0) is 9.53 Å². The predicted octanol–water partition coefficient (Wildman–Crippen LogP) is 4.51. The summed E-state index contributed by atoms with van der Waals surface area (Å²) in [7, 11) is 2.70. The fourth-order valence-corrected chi connectivity index (χ4v) is 3.69. The van der Waals surface area contributed by atoms with Crippen LogP contribution in [0, 0.1) is 6.92 Å². The SMILES string of the molecule is COC(=O)C1=C(O)/C(=C\c2cccc(OC)c2O)SC1=Nc1cccc(C)c1. The Kier molecular flexibility index (Phi) is 5.75. The van der Waals surface area contributed by atoms with E-state index >= 15 is 0 Å². The zero-order chi connectivity index (χ0) is 20.3. The van der Waals surface area contributed by atoms with Gasteiger partial charge in [-0.3, -0.25) is 0 Å². The summed E-state index contributed by atoms with van der Waals surface area (Å²) in [4.78, 5) is 17.1. The third kappa shape index (κ3) is 3.89. The number of benzene rings is 2. The molecule has 2 aromatic carbocycles. The number of aliphatic hydroxyl groups excluding tert-OH is 1. The molecule has 0 spiro atoms. The molecule has 3 rings (SSSR count). The molecule has 0 saturated heterocycles. The maximum absolute atomic E-state index is 12.2.